The molecule has 0 aromatic rings. The third-order valence-electron chi connectivity index (χ3n) is 2.43. The first-order chi connectivity index (χ1) is 6.91. The lowest BCUT2D eigenvalue weighted by Gasteiger charge is -2.25. The predicted octanol–water partition coefficient (Wildman–Crippen LogP) is -0.570. The van der Waals surface area contributed by atoms with Gasteiger partial charge in [0.05, 0.1) is 7.11 Å². The van der Waals surface area contributed by atoms with Crippen LogP contribution in [0.1, 0.15) is 12.8 Å². The Morgan fingerprint density at radius 1 is 1.47 bits per heavy atom. The lowest BCUT2D eigenvalue weighted by molar-refractivity contribution is -0.144. The average Bonchev–Trinajstić information content (AvgIpc) is 2.65. The van der Waals surface area contributed by atoms with Crippen LogP contribution in [0.3, 0.4) is 0 Å². The Kier molecular flexibility index (Phi) is 3.69. The molecule has 0 radical (unpaired) electrons. The largest absolute Gasteiger partial charge is 0.468 e. The van der Waals surface area contributed by atoms with E-state index in [1.54, 1.807) is 0 Å². The molecule has 1 rings (SSSR count). The van der Waals surface area contributed by atoms with Crippen LogP contribution in [0.2, 0.25) is 0 Å². The molecule has 0 aromatic heterocycles. The number of nitrogens with zero attached hydrogens (tertiary/aromatic N) is 2. The van der Waals surface area contributed by atoms with E-state index in [1.807, 2.05) is 0 Å². The molecule has 0 N–H and O–H groups in total. The first-order valence-electron chi connectivity index (χ1n) is 4.68. The molecule has 7 heteroatoms. The lowest BCUT2D eigenvalue weighted by Crippen LogP contribution is -2.46. The van der Waals surface area contributed by atoms with Gasteiger partial charge in [-0.2, -0.15) is 17.0 Å². The van der Waals surface area contributed by atoms with Crippen LogP contribution in [0, 0.1) is 0 Å². The molecule has 1 saturated heterocycles. The number of carbonyl (C=O) groups is 1. The van der Waals surface area contributed by atoms with Gasteiger partial charge in [0, 0.05) is 20.6 Å². The second kappa shape index (κ2) is 4.46. The van der Waals surface area contributed by atoms with Crippen molar-refractivity contribution in [3.63, 3.8) is 0 Å². The van der Waals surface area contributed by atoms with Gasteiger partial charge in [0.2, 0.25) is 0 Å². The highest BCUT2D eigenvalue weighted by atomic mass is 32.2. The number of hydrogen-bond donors (Lipinski definition) is 0. The van der Waals surface area contributed by atoms with Crippen molar-refractivity contribution in [3.05, 3.63) is 0 Å². The second-order valence-corrected chi connectivity index (χ2v) is 5.68. The van der Waals surface area contributed by atoms with Gasteiger partial charge in [-0.15, -0.1) is 0 Å². The summed E-state index contributed by atoms with van der Waals surface area (Å²) in [5, 5.41) is 0. The minimum atomic E-state index is -3.52. The van der Waals surface area contributed by atoms with Gasteiger partial charge in [-0.05, 0) is 12.8 Å². The van der Waals surface area contributed by atoms with Crippen LogP contribution in [-0.4, -0.2) is 56.8 Å². The van der Waals surface area contributed by atoms with Gasteiger partial charge in [-0.3, -0.25) is 4.79 Å². The van der Waals surface area contributed by atoms with Crippen molar-refractivity contribution in [1.82, 2.24) is 8.61 Å². The van der Waals surface area contributed by atoms with Gasteiger partial charge in [-0.25, -0.2) is 0 Å². The Bertz CT molecular complexity index is 339. The average molecular weight is 236 g/mol. The zero-order chi connectivity index (χ0) is 11.6. The van der Waals surface area contributed by atoms with E-state index in [-0.39, 0.29) is 0 Å². The van der Waals surface area contributed by atoms with Gasteiger partial charge in [0.1, 0.15) is 6.04 Å². The summed E-state index contributed by atoms with van der Waals surface area (Å²) in [5.41, 5.74) is 0. The van der Waals surface area contributed by atoms with Crippen molar-refractivity contribution in [2.75, 3.05) is 27.7 Å². The fraction of sp³-hybridized carbons (Fsp3) is 0.875. The monoisotopic (exact) mass is 236 g/mol. The maximum absolute atomic E-state index is 11.8. The van der Waals surface area contributed by atoms with Crippen LogP contribution in [-0.2, 0) is 19.7 Å². The number of ether oxygens (including phenoxy) is 1. The molecule has 0 unspecified atom stereocenters. The summed E-state index contributed by atoms with van der Waals surface area (Å²) in [7, 11) is 0.643. The van der Waals surface area contributed by atoms with E-state index in [4.69, 9.17) is 0 Å². The maximum Gasteiger partial charge on any atom is 0.324 e. The first-order valence-corrected chi connectivity index (χ1v) is 6.08. The molecule has 0 spiro atoms. The molecule has 88 valence electrons. The van der Waals surface area contributed by atoms with E-state index in [0.29, 0.717) is 19.4 Å². The van der Waals surface area contributed by atoms with Crippen molar-refractivity contribution in [1.29, 1.82) is 0 Å². The van der Waals surface area contributed by atoms with Crippen molar-refractivity contribution in [2.45, 2.75) is 18.9 Å². The second-order valence-electron chi connectivity index (χ2n) is 3.58. The molecular weight excluding hydrogens is 220 g/mol. The van der Waals surface area contributed by atoms with E-state index >= 15 is 0 Å². The van der Waals surface area contributed by atoms with E-state index in [0.717, 1.165) is 4.31 Å². The molecule has 15 heavy (non-hydrogen) atoms. The molecule has 6 nitrogen and oxygen atoms in total. The van der Waals surface area contributed by atoms with Crippen LogP contribution in [0.25, 0.3) is 0 Å². The summed E-state index contributed by atoms with van der Waals surface area (Å²) in [5.74, 6) is -0.488. The van der Waals surface area contributed by atoms with E-state index < -0.39 is 22.2 Å². The van der Waals surface area contributed by atoms with E-state index in [9.17, 15) is 13.2 Å². The smallest absolute Gasteiger partial charge is 0.324 e. The lowest BCUT2D eigenvalue weighted by atomic mass is 10.2. The zero-order valence-electron chi connectivity index (χ0n) is 9.13. The molecule has 0 saturated carbocycles. The summed E-state index contributed by atoms with van der Waals surface area (Å²) < 4.78 is 30.5. The van der Waals surface area contributed by atoms with E-state index in [2.05, 4.69) is 4.74 Å². The molecule has 0 aliphatic carbocycles. The summed E-state index contributed by atoms with van der Waals surface area (Å²) in [4.78, 5) is 11.3. The van der Waals surface area contributed by atoms with E-state index in [1.165, 1.54) is 25.5 Å². The van der Waals surface area contributed by atoms with Crippen molar-refractivity contribution in [3.8, 4) is 0 Å². The summed E-state index contributed by atoms with van der Waals surface area (Å²) in [6.07, 6.45) is 1.21. The minimum Gasteiger partial charge on any atom is -0.468 e. The first kappa shape index (κ1) is 12.4. The van der Waals surface area contributed by atoms with Gasteiger partial charge in [0.25, 0.3) is 10.2 Å². The molecule has 1 heterocycles. The molecule has 1 atom stereocenters. The maximum atomic E-state index is 11.8. The van der Waals surface area contributed by atoms with Gasteiger partial charge in [-0.1, -0.05) is 0 Å². The quantitative estimate of drug-likeness (QED) is 0.615. The molecule has 0 bridgehead atoms. The highest BCUT2D eigenvalue weighted by Gasteiger charge is 2.40. The van der Waals surface area contributed by atoms with Crippen LogP contribution in [0.5, 0.6) is 0 Å². The van der Waals surface area contributed by atoms with Crippen molar-refractivity contribution < 1.29 is 17.9 Å². The summed E-state index contributed by atoms with van der Waals surface area (Å²) >= 11 is 0. The van der Waals surface area contributed by atoms with Crippen LogP contribution < -0.4 is 0 Å². The summed E-state index contributed by atoms with van der Waals surface area (Å²) in [6, 6.07) is -0.664. The fourth-order valence-electron chi connectivity index (χ4n) is 1.60. The third-order valence-corrected chi connectivity index (χ3v) is 4.39. The normalized spacial score (nSPS) is 23.3. The van der Waals surface area contributed by atoms with Crippen LogP contribution >= 0.6 is 0 Å². The Hall–Kier alpha value is -0.660. The number of esters is 1. The number of methoxy groups -OCH3 is 1. The molecule has 1 fully saturated rings. The van der Waals surface area contributed by atoms with Crippen LogP contribution in [0.15, 0.2) is 0 Å². The minimum absolute atomic E-state index is 0.375. The SMILES string of the molecule is COC(=O)[C@H]1CCCN1S(=O)(=O)N(C)C. The number of hydrogen-bond acceptors (Lipinski definition) is 4. The number of carbonyl (C=O) groups excluding carboxylic acids is 1. The zero-order valence-corrected chi connectivity index (χ0v) is 9.95. The van der Waals surface area contributed by atoms with Gasteiger partial charge < -0.3 is 4.74 Å². The standard InChI is InChI=1S/C8H16N2O4S/c1-9(2)15(12,13)10-6-4-5-7(10)8(11)14-3/h7H,4-6H2,1-3H3/t7-/m1/s1. The van der Waals surface area contributed by atoms with Gasteiger partial charge >= 0.3 is 5.97 Å². The van der Waals surface area contributed by atoms with Crippen molar-refractivity contribution in [2.24, 2.45) is 0 Å². The van der Waals surface area contributed by atoms with Crippen molar-refractivity contribution >= 4 is 16.2 Å². The Morgan fingerprint density at radius 3 is 2.53 bits per heavy atom. The topological polar surface area (TPSA) is 66.9 Å². The Morgan fingerprint density at radius 2 is 2.07 bits per heavy atom. The number of rotatable bonds is 3. The fourth-order valence-corrected chi connectivity index (χ4v) is 2.89. The molecule has 1 aliphatic heterocycles. The van der Waals surface area contributed by atoms with Crippen LogP contribution in [0.4, 0.5) is 0 Å². The summed E-state index contributed by atoms with van der Waals surface area (Å²) in [6.45, 7) is 0.375. The third kappa shape index (κ3) is 2.30. The Balaban J connectivity index is 2.91. The molecular formula is C8H16N2O4S. The van der Waals surface area contributed by atoms with Gasteiger partial charge in [0.15, 0.2) is 0 Å². The Labute approximate surface area is 90.0 Å². The molecule has 0 aromatic carbocycles. The highest BCUT2D eigenvalue weighted by molar-refractivity contribution is 7.86. The predicted molar refractivity (Wildman–Crippen MR) is 54.4 cm³/mol. The highest BCUT2D eigenvalue weighted by Crippen LogP contribution is 2.22. The molecule has 1 aliphatic rings. The molecule has 0 amide bonds.